The summed E-state index contributed by atoms with van der Waals surface area (Å²) in [5, 5.41) is 3.33. The highest BCUT2D eigenvalue weighted by molar-refractivity contribution is 9.10. The van der Waals surface area contributed by atoms with Crippen LogP contribution < -0.4 is 5.32 Å². The average molecular weight is 392 g/mol. The van der Waals surface area contributed by atoms with Crippen molar-refractivity contribution in [1.29, 1.82) is 0 Å². The summed E-state index contributed by atoms with van der Waals surface area (Å²) in [7, 11) is -3.58. The number of rotatable bonds is 3. The van der Waals surface area contributed by atoms with E-state index >= 15 is 0 Å². The lowest BCUT2D eigenvalue weighted by Gasteiger charge is -2.37. The molecule has 0 spiro atoms. The fraction of sp³-hybridized carbons (Fsp3) is 0.571. The molecule has 0 aromatic heterocycles. The number of piperazine rings is 1. The van der Waals surface area contributed by atoms with Crippen molar-refractivity contribution >= 4 is 26.0 Å². The van der Waals surface area contributed by atoms with Gasteiger partial charge in [-0.25, -0.2) is 12.8 Å². The van der Waals surface area contributed by atoms with E-state index in [2.05, 4.69) is 26.1 Å². The fourth-order valence-electron chi connectivity index (χ4n) is 3.08. The Morgan fingerprint density at radius 3 is 2.55 bits per heavy atom. The van der Waals surface area contributed by atoms with Crippen LogP contribution in [0.1, 0.15) is 6.42 Å². The molecule has 0 bridgehead atoms. The Hall–Kier alpha value is -0.540. The number of nitrogens with one attached hydrogen (secondary N) is 1. The molecular formula is C14H19BrFN3O2S. The van der Waals surface area contributed by atoms with E-state index in [1.54, 1.807) is 0 Å². The molecule has 1 atom stereocenters. The first-order valence-corrected chi connectivity index (χ1v) is 9.62. The minimum Gasteiger partial charge on any atom is -0.315 e. The summed E-state index contributed by atoms with van der Waals surface area (Å²) in [5.41, 5.74) is 0. The standard InChI is InChI=1S/C14H19BrFN3O2S/c15-13-9-11(16)1-2-14(13)22(20,21)19-7-5-18(6-8-19)12-3-4-17-10-12/h1-2,9,12,17H,3-8,10H2. The van der Waals surface area contributed by atoms with Gasteiger partial charge in [0.15, 0.2) is 0 Å². The van der Waals surface area contributed by atoms with Gasteiger partial charge in [-0.1, -0.05) is 0 Å². The molecular weight excluding hydrogens is 373 g/mol. The highest BCUT2D eigenvalue weighted by Crippen LogP contribution is 2.27. The Morgan fingerprint density at radius 2 is 1.95 bits per heavy atom. The van der Waals surface area contributed by atoms with Crippen LogP contribution in [0.2, 0.25) is 0 Å². The monoisotopic (exact) mass is 391 g/mol. The van der Waals surface area contributed by atoms with Crippen LogP contribution in [0.4, 0.5) is 4.39 Å². The Balaban J connectivity index is 1.71. The predicted octanol–water partition coefficient (Wildman–Crippen LogP) is 1.26. The first-order chi connectivity index (χ1) is 10.5. The lowest BCUT2D eigenvalue weighted by molar-refractivity contribution is 0.145. The molecule has 1 N–H and O–H groups in total. The average Bonchev–Trinajstić information content (AvgIpc) is 3.01. The number of nitrogens with zero attached hydrogens (tertiary/aromatic N) is 2. The van der Waals surface area contributed by atoms with E-state index in [1.165, 1.54) is 22.5 Å². The van der Waals surface area contributed by atoms with Crippen LogP contribution in [0.15, 0.2) is 27.6 Å². The molecule has 22 heavy (non-hydrogen) atoms. The van der Waals surface area contributed by atoms with Gasteiger partial charge in [-0.2, -0.15) is 4.31 Å². The first kappa shape index (κ1) is 16.3. The zero-order valence-electron chi connectivity index (χ0n) is 12.1. The summed E-state index contributed by atoms with van der Waals surface area (Å²) in [6.07, 6.45) is 1.12. The van der Waals surface area contributed by atoms with Gasteiger partial charge in [0.2, 0.25) is 10.0 Å². The third-order valence-corrected chi connectivity index (χ3v) is 7.21. The van der Waals surface area contributed by atoms with E-state index in [1.807, 2.05) is 0 Å². The minimum absolute atomic E-state index is 0.130. The second-order valence-electron chi connectivity index (χ2n) is 5.66. The number of halogens is 2. The molecule has 0 amide bonds. The van der Waals surface area contributed by atoms with E-state index in [9.17, 15) is 12.8 Å². The van der Waals surface area contributed by atoms with Gasteiger partial charge in [-0.05, 0) is 47.1 Å². The zero-order chi connectivity index (χ0) is 15.7. The Kier molecular flexibility index (Phi) is 4.84. The summed E-state index contributed by atoms with van der Waals surface area (Å²) < 4.78 is 40.3. The smallest absolute Gasteiger partial charge is 0.244 e. The Bertz CT molecular complexity index is 641. The second-order valence-corrected chi connectivity index (χ2v) is 8.42. The molecule has 5 nitrogen and oxygen atoms in total. The maximum atomic E-state index is 13.2. The molecule has 0 aliphatic carbocycles. The fourth-order valence-corrected chi connectivity index (χ4v) is 5.52. The molecule has 2 aliphatic rings. The van der Waals surface area contributed by atoms with Crippen molar-refractivity contribution in [2.45, 2.75) is 17.4 Å². The molecule has 0 saturated carbocycles. The molecule has 8 heteroatoms. The van der Waals surface area contributed by atoms with Crippen molar-refractivity contribution in [1.82, 2.24) is 14.5 Å². The normalized spacial score (nSPS) is 24.7. The first-order valence-electron chi connectivity index (χ1n) is 7.38. The molecule has 2 aliphatic heterocycles. The van der Waals surface area contributed by atoms with Crippen molar-refractivity contribution in [2.75, 3.05) is 39.3 Å². The third-order valence-electron chi connectivity index (χ3n) is 4.34. The largest absolute Gasteiger partial charge is 0.315 e. The third kappa shape index (κ3) is 3.21. The molecule has 2 saturated heterocycles. The SMILES string of the molecule is O=S(=O)(c1ccc(F)cc1Br)N1CCN(C2CCNC2)CC1. The number of benzene rings is 1. The van der Waals surface area contributed by atoms with Gasteiger partial charge in [-0.3, -0.25) is 4.90 Å². The maximum absolute atomic E-state index is 13.2. The van der Waals surface area contributed by atoms with Crippen LogP contribution in [0.5, 0.6) is 0 Å². The summed E-state index contributed by atoms with van der Waals surface area (Å²) >= 11 is 3.15. The number of hydrogen-bond donors (Lipinski definition) is 1. The lowest BCUT2D eigenvalue weighted by atomic mass is 10.2. The van der Waals surface area contributed by atoms with E-state index in [0.717, 1.165) is 32.6 Å². The maximum Gasteiger partial charge on any atom is 0.244 e. The lowest BCUT2D eigenvalue weighted by Crippen LogP contribution is -2.52. The van der Waals surface area contributed by atoms with Crippen molar-refractivity contribution in [3.63, 3.8) is 0 Å². The van der Waals surface area contributed by atoms with Crippen molar-refractivity contribution in [3.05, 3.63) is 28.5 Å². The Morgan fingerprint density at radius 1 is 1.23 bits per heavy atom. The molecule has 1 unspecified atom stereocenters. The van der Waals surface area contributed by atoms with Crippen LogP contribution in [-0.4, -0.2) is 62.9 Å². The van der Waals surface area contributed by atoms with Crippen molar-refractivity contribution in [2.24, 2.45) is 0 Å². The molecule has 2 fully saturated rings. The van der Waals surface area contributed by atoms with Gasteiger partial charge in [0.05, 0.1) is 4.90 Å². The number of sulfonamides is 1. The van der Waals surface area contributed by atoms with Crippen LogP contribution in [0.3, 0.4) is 0 Å². The molecule has 2 heterocycles. The topological polar surface area (TPSA) is 52.7 Å². The predicted molar refractivity (Wildman–Crippen MR) is 85.7 cm³/mol. The van der Waals surface area contributed by atoms with E-state index < -0.39 is 15.8 Å². The summed E-state index contributed by atoms with van der Waals surface area (Å²) in [6.45, 7) is 4.45. The van der Waals surface area contributed by atoms with Gasteiger partial charge >= 0.3 is 0 Å². The van der Waals surface area contributed by atoms with Crippen LogP contribution in [-0.2, 0) is 10.0 Å². The highest BCUT2D eigenvalue weighted by Gasteiger charge is 2.32. The molecule has 122 valence electrons. The highest BCUT2D eigenvalue weighted by atomic mass is 79.9. The van der Waals surface area contributed by atoms with Gasteiger partial charge in [0, 0.05) is 43.2 Å². The van der Waals surface area contributed by atoms with E-state index in [-0.39, 0.29) is 9.37 Å². The minimum atomic E-state index is -3.58. The van der Waals surface area contributed by atoms with Crippen LogP contribution in [0.25, 0.3) is 0 Å². The van der Waals surface area contributed by atoms with Crippen molar-refractivity contribution in [3.8, 4) is 0 Å². The molecule has 3 rings (SSSR count). The molecule has 1 aromatic rings. The summed E-state index contributed by atoms with van der Waals surface area (Å²) in [5.74, 6) is -0.454. The summed E-state index contributed by atoms with van der Waals surface area (Å²) in [6, 6.07) is 4.20. The van der Waals surface area contributed by atoms with E-state index in [4.69, 9.17) is 0 Å². The van der Waals surface area contributed by atoms with Gasteiger partial charge < -0.3 is 5.32 Å². The zero-order valence-corrected chi connectivity index (χ0v) is 14.5. The summed E-state index contributed by atoms with van der Waals surface area (Å²) in [4.78, 5) is 2.48. The molecule has 0 radical (unpaired) electrons. The van der Waals surface area contributed by atoms with Crippen molar-refractivity contribution < 1.29 is 12.8 Å². The van der Waals surface area contributed by atoms with E-state index in [0.29, 0.717) is 19.1 Å². The van der Waals surface area contributed by atoms with Gasteiger partial charge in [0.1, 0.15) is 5.82 Å². The van der Waals surface area contributed by atoms with Gasteiger partial charge in [0.25, 0.3) is 0 Å². The Labute approximate surface area is 138 Å². The van der Waals surface area contributed by atoms with Crippen LogP contribution in [0, 0.1) is 5.82 Å². The number of hydrogen-bond acceptors (Lipinski definition) is 4. The van der Waals surface area contributed by atoms with Crippen LogP contribution >= 0.6 is 15.9 Å². The van der Waals surface area contributed by atoms with Gasteiger partial charge in [-0.15, -0.1) is 0 Å². The quantitative estimate of drug-likeness (QED) is 0.842. The molecule has 1 aromatic carbocycles. The second kappa shape index (κ2) is 6.52.